The minimum absolute atomic E-state index is 0.147. The molecule has 1 N–H and O–H groups in total. The van der Waals surface area contributed by atoms with Gasteiger partial charge in [-0.15, -0.1) is 0 Å². The third-order valence-corrected chi connectivity index (χ3v) is 6.62. The summed E-state index contributed by atoms with van der Waals surface area (Å²) in [5.74, 6) is -0.419. The van der Waals surface area contributed by atoms with Crippen LogP contribution in [0.3, 0.4) is 0 Å². The fraction of sp³-hybridized carbons (Fsp3) is 0.304. The van der Waals surface area contributed by atoms with Gasteiger partial charge in [0.05, 0.1) is 16.2 Å². The number of hydrogen-bond acceptors (Lipinski definition) is 3. The number of nitrogens with one attached hydrogen (secondary N) is 1. The molecule has 0 saturated heterocycles. The van der Waals surface area contributed by atoms with E-state index in [1.165, 1.54) is 28.8 Å². The molecule has 162 valence electrons. The zero-order chi connectivity index (χ0) is 22.2. The van der Waals surface area contributed by atoms with Crippen molar-refractivity contribution in [1.82, 2.24) is 5.32 Å². The normalized spacial score (nSPS) is 18.4. The summed E-state index contributed by atoms with van der Waals surface area (Å²) in [7, 11) is 1.63. The summed E-state index contributed by atoms with van der Waals surface area (Å²) in [6.07, 6.45) is 1.40. The van der Waals surface area contributed by atoms with E-state index in [4.69, 9.17) is 0 Å². The first kappa shape index (κ1) is 21.5. The van der Waals surface area contributed by atoms with E-state index in [0.29, 0.717) is 21.7 Å². The van der Waals surface area contributed by atoms with Gasteiger partial charge in [-0.3, -0.25) is 9.59 Å². The lowest BCUT2D eigenvalue weighted by Crippen LogP contribution is -2.33. The number of likely N-dealkylation sites (N-methyl/N-ethyl adjacent to an activating group) is 1. The highest BCUT2D eigenvalue weighted by Crippen LogP contribution is 2.42. The highest BCUT2D eigenvalue weighted by Gasteiger charge is 2.30. The Labute approximate surface area is 182 Å². The molecule has 1 saturated carbocycles. The molecule has 2 aromatic carbocycles. The van der Waals surface area contributed by atoms with Gasteiger partial charge in [0.15, 0.2) is 0 Å². The minimum Gasteiger partial charge on any atom is -0.349 e. The molecule has 1 aliphatic carbocycles. The average Bonchev–Trinajstić information content (AvgIpc) is 3.24. The van der Waals surface area contributed by atoms with E-state index >= 15 is 0 Å². The molecule has 0 aromatic heterocycles. The number of anilines is 1. The number of thioether (sulfide) groups is 1. The number of fused-ring (bicyclic) bond motifs is 1. The predicted molar refractivity (Wildman–Crippen MR) is 115 cm³/mol. The van der Waals surface area contributed by atoms with Crippen molar-refractivity contribution >= 4 is 35.3 Å². The number of halogens is 3. The predicted octanol–water partition coefficient (Wildman–Crippen LogP) is 5.49. The summed E-state index contributed by atoms with van der Waals surface area (Å²) in [5, 5.41) is 3.04. The second-order valence-electron chi connectivity index (χ2n) is 7.73. The molecule has 31 heavy (non-hydrogen) atoms. The molecule has 0 bridgehead atoms. The largest absolute Gasteiger partial charge is 0.416 e. The summed E-state index contributed by atoms with van der Waals surface area (Å²) >= 11 is 1.24. The molecule has 4 rings (SSSR count). The fourth-order valence-corrected chi connectivity index (χ4v) is 4.89. The average molecular weight is 446 g/mol. The monoisotopic (exact) mass is 446 g/mol. The van der Waals surface area contributed by atoms with Crippen LogP contribution in [-0.2, 0) is 11.0 Å². The van der Waals surface area contributed by atoms with E-state index in [-0.39, 0.29) is 17.9 Å². The van der Waals surface area contributed by atoms with Gasteiger partial charge in [0, 0.05) is 23.5 Å². The molecule has 2 aliphatic rings. The van der Waals surface area contributed by atoms with Crippen LogP contribution in [0.15, 0.2) is 52.3 Å². The Morgan fingerprint density at radius 3 is 2.45 bits per heavy atom. The maximum atomic E-state index is 12.8. The lowest BCUT2D eigenvalue weighted by atomic mass is 10.1. The lowest BCUT2D eigenvalue weighted by Gasteiger charge is -2.27. The molecule has 1 fully saturated rings. The first-order valence-electron chi connectivity index (χ1n) is 10.0. The quantitative estimate of drug-likeness (QED) is 0.635. The Hall–Kier alpha value is -2.74. The number of rotatable bonds is 3. The Morgan fingerprint density at radius 1 is 1.13 bits per heavy atom. The number of hydrogen-bond donors (Lipinski definition) is 1. The molecule has 0 atom stereocenters. The van der Waals surface area contributed by atoms with Crippen molar-refractivity contribution in [3.05, 3.63) is 64.1 Å². The molecule has 4 nitrogen and oxygen atoms in total. The number of benzene rings is 2. The van der Waals surface area contributed by atoms with Gasteiger partial charge in [0.1, 0.15) is 0 Å². The smallest absolute Gasteiger partial charge is 0.349 e. The first-order chi connectivity index (χ1) is 14.7. The molecular formula is C23H21F3N2O2S. The van der Waals surface area contributed by atoms with E-state index in [1.807, 2.05) is 0 Å². The Morgan fingerprint density at radius 2 is 1.81 bits per heavy atom. The van der Waals surface area contributed by atoms with Crippen LogP contribution in [0.5, 0.6) is 0 Å². The second kappa shape index (κ2) is 8.42. The number of alkyl halides is 3. The van der Waals surface area contributed by atoms with Gasteiger partial charge < -0.3 is 10.2 Å². The second-order valence-corrected chi connectivity index (χ2v) is 8.82. The van der Waals surface area contributed by atoms with Crippen LogP contribution in [-0.4, -0.2) is 24.9 Å². The van der Waals surface area contributed by atoms with Gasteiger partial charge in [-0.1, -0.05) is 36.7 Å². The summed E-state index contributed by atoms with van der Waals surface area (Å²) in [5.41, 5.74) is 0.913. The van der Waals surface area contributed by atoms with Crippen molar-refractivity contribution in [3.63, 3.8) is 0 Å². The van der Waals surface area contributed by atoms with Crippen molar-refractivity contribution in [2.24, 2.45) is 0 Å². The molecule has 2 amide bonds. The number of amides is 2. The van der Waals surface area contributed by atoms with Crippen LogP contribution in [0.25, 0.3) is 6.08 Å². The fourth-order valence-electron chi connectivity index (χ4n) is 3.79. The van der Waals surface area contributed by atoms with Gasteiger partial charge in [-0.25, -0.2) is 0 Å². The minimum atomic E-state index is -4.40. The van der Waals surface area contributed by atoms with Crippen LogP contribution in [0.4, 0.5) is 18.9 Å². The van der Waals surface area contributed by atoms with Crippen LogP contribution >= 0.6 is 11.8 Å². The van der Waals surface area contributed by atoms with Crippen molar-refractivity contribution in [3.8, 4) is 0 Å². The SMILES string of the molecule is CN1C(=O)C(=Cc2ccc(C(F)(F)F)cc2)Sc2ccc(C(=O)NC3CCCC3)cc21. The van der Waals surface area contributed by atoms with E-state index in [9.17, 15) is 22.8 Å². The van der Waals surface area contributed by atoms with E-state index < -0.39 is 11.7 Å². The molecule has 2 aromatic rings. The van der Waals surface area contributed by atoms with Crippen molar-refractivity contribution in [2.45, 2.75) is 42.8 Å². The van der Waals surface area contributed by atoms with Crippen LogP contribution in [0, 0.1) is 0 Å². The highest BCUT2D eigenvalue weighted by molar-refractivity contribution is 8.04. The molecule has 1 heterocycles. The number of carbonyl (C=O) groups excluding carboxylic acids is 2. The third-order valence-electron chi connectivity index (χ3n) is 5.54. The number of nitrogens with zero attached hydrogens (tertiary/aromatic N) is 1. The standard InChI is InChI=1S/C23H21F3N2O2S/c1-28-18-13-15(21(29)27-17-4-2-3-5-17)8-11-19(18)31-20(22(28)30)12-14-6-9-16(10-7-14)23(24,25)26/h6-13,17H,2-5H2,1H3,(H,27,29). The third kappa shape index (κ3) is 4.63. The zero-order valence-electron chi connectivity index (χ0n) is 16.8. The van der Waals surface area contributed by atoms with Crippen LogP contribution in [0.2, 0.25) is 0 Å². The van der Waals surface area contributed by atoms with Gasteiger partial charge in [-0.2, -0.15) is 13.2 Å². The molecular weight excluding hydrogens is 425 g/mol. The zero-order valence-corrected chi connectivity index (χ0v) is 17.6. The summed E-state index contributed by atoms with van der Waals surface area (Å²) in [4.78, 5) is 28.1. The van der Waals surface area contributed by atoms with Crippen LogP contribution in [0.1, 0.15) is 47.2 Å². The Bertz CT molecular complexity index is 1040. The summed E-state index contributed by atoms with van der Waals surface area (Å²) < 4.78 is 38.3. The van der Waals surface area contributed by atoms with Gasteiger partial charge in [0.2, 0.25) is 0 Å². The van der Waals surface area contributed by atoms with Crippen molar-refractivity contribution in [1.29, 1.82) is 0 Å². The molecule has 0 radical (unpaired) electrons. The van der Waals surface area contributed by atoms with E-state index in [1.54, 1.807) is 31.3 Å². The molecule has 8 heteroatoms. The molecule has 0 spiro atoms. The summed E-state index contributed by atoms with van der Waals surface area (Å²) in [6.45, 7) is 0. The topological polar surface area (TPSA) is 49.4 Å². The lowest BCUT2D eigenvalue weighted by molar-refractivity contribution is -0.137. The van der Waals surface area contributed by atoms with Gasteiger partial charge >= 0.3 is 6.18 Å². The number of carbonyl (C=O) groups is 2. The first-order valence-corrected chi connectivity index (χ1v) is 10.8. The van der Waals surface area contributed by atoms with Gasteiger partial charge in [-0.05, 0) is 54.8 Å². The van der Waals surface area contributed by atoms with Crippen molar-refractivity contribution in [2.75, 3.05) is 11.9 Å². The maximum Gasteiger partial charge on any atom is 0.416 e. The maximum absolute atomic E-state index is 12.8. The van der Waals surface area contributed by atoms with Crippen molar-refractivity contribution < 1.29 is 22.8 Å². The van der Waals surface area contributed by atoms with E-state index in [0.717, 1.165) is 42.7 Å². The van der Waals surface area contributed by atoms with Crippen LogP contribution < -0.4 is 10.2 Å². The molecule has 1 aliphatic heterocycles. The van der Waals surface area contributed by atoms with E-state index in [2.05, 4.69) is 5.32 Å². The summed E-state index contributed by atoms with van der Waals surface area (Å²) in [6, 6.07) is 10.1. The highest BCUT2D eigenvalue weighted by atomic mass is 32.2. The Balaban J connectivity index is 1.55. The Kier molecular flexibility index (Phi) is 5.83. The molecule has 0 unspecified atom stereocenters. The van der Waals surface area contributed by atoms with Gasteiger partial charge in [0.25, 0.3) is 11.8 Å².